The maximum Gasteiger partial charge on any atom is 0.140 e. The molecule has 2 atom stereocenters. The van der Waals surface area contributed by atoms with E-state index < -0.39 is 0 Å². The molecule has 2 unspecified atom stereocenters. The van der Waals surface area contributed by atoms with Gasteiger partial charge in [0.25, 0.3) is 0 Å². The molecule has 1 aromatic carbocycles. The summed E-state index contributed by atoms with van der Waals surface area (Å²) in [5.74, 6) is 0.930. The highest BCUT2D eigenvalue weighted by molar-refractivity contribution is 9.10. The van der Waals surface area contributed by atoms with Crippen LogP contribution in [0, 0.1) is 11.7 Å². The van der Waals surface area contributed by atoms with Crippen LogP contribution >= 0.6 is 15.9 Å². The first-order chi connectivity index (χ1) is 8.24. The summed E-state index contributed by atoms with van der Waals surface area (Å²) in [5.41, 5.74) is 0.883. The molecule has 0 spiro atoms. The van der Waals surface area contributed by atoms with Crippen molar-refractivity contribution in [2.45, 2.75) is 32.1 Å². The molecule has 94 valence electrons. The molecule has 0 heterocycles. The Kier molecular flexibility index (Phi) is 4.57. The number of halogens is 2. The van der Waals surface area contributed by atoms with Gasteiger partial charge in [0, 0.05) is 0 Å². The Bertz CT molecular complexity index is 380. The third kappa shape index (κ3) is 2.89. The summed E-state index contributed by atoms with van der Waals surface area (Å²) in [6, 6.07) is 5.62. The van der Waals surface area contributed by atoms with E-state index in [1.807, 2.05) is 12.1 Å². The lowest BCUT2D eigenvalue weighted by Gasteiger charge is -2.37. The molecule has 0 aromatic heterocycles. The SMILES string of the molecule is CCCNCC1CCC1c1cccc(Br)c1F. The van der Waals surface area contributed by atoms with Gasteiger partial charge in [0.15, 0.2) is 0 Å². The Balaban J connectivity index is 2.00. The standard InChI is InChI=1S/C14H19BrFN/c1-2-8-17-9-10-6-7-11(10)12-4-3-5-13(15)14(12)16/h3-5,10-11,17H,2,6-9H2,1H3. The lowest BCUT2D eigenvalue weighted by Crippen LogP contribution is -2.34. The number of hydrogen-bond donors (Lipinski definition) is 1. The number of benzene rings is 1. The molecule has 1 N–H and O–H groups in total. The fraction of sp³-hybridized carbons (Fsp3) is 0.571. The first-order valence-electron chi connectivity index (χ1n) is 6.38. The van der Waals surface area contributed by atoms with Gasteiger partial charge in [-0.1, -0.05) is 19.1 Å². The molecule has 2 rings (SSSR count). The molecule has 0 bridgehead atoms. The van der Waals surface area contributed by atoms with Gasteiger partial charge < -0.3 is 5.32 Å². The number of rotatable bonds is 5. The summed E-state index contributed by atoms with van der Waals surface area (Å²) in [5, 5.41) is 3.44. The van der Waals surface area contributed by atoms with E-state index in [2.05, 4.69) is 28.2 Å². The van der Waals surface area contributed by atoms with Crippen LogP contribution in [0.1, 0.15) is 37.7 Å². The minimum Gasteiger partial charge on any atom is -0.316 e. The second kappa shape index (κ2) is 5.96. The van der Waals surface area contributed by atoms with Crippen LogP contribution < -0.4 is 5.32 Å². The Hall–Kier alpha value is -0.410. The summed E-state index contributed by atoms with van der Waals surface area (Å²) < 4.78 is 14.6. The molecule has 1 aliphatic rings. The average Bonchev–Trinajstić information content (AvgIpc) is 2.29. The third-order valence-corrected chi connectivity index (χ3v) is 4.24. The van der Waals surface area contributed by atoms with Crippen LogP contribution in [0.5, 0.6) is 0 Å². The molecule has 0 radical (unpaired) electrons. The van der Waals surface area contributed by atoms with Gasteiger partial charge in [0.1, 0.15) is 5.82 Å². The van der Waals surface area contributed by atoms with E-state index in [0.717, 1.165) is 31.5 Å². The van der Waals surface area contributed by atoms with Gasteiger partial charge in [-0.15, -0.1) is 0 Å². The molecule has 3 heteroatoms. The maximum atomic E-state index is 14.0. The van der Waals surface area contributed by atoms with Crippen molar-refractivity contribution < 1.29 is 4.39 Å². The van der Waals surface area contributed by atoms with E-state index >= 15 is 0 Å². The van der Waals surface area contributed by atoms with E-state index in [1.54, 1.807) is 6.07 Å². The van der Waals surface area contributed by atoms with Crippen molar-refractivity contribution in [3.63, 3.8) is 0 Å². The Morgan fingerprint density at radius 1 is 1.41 bits per heavy atom. The van der Waals surface area contributed by atoms with Crippen molar-refractivity contribution >= 4 is 15.9 Å². The second-order valence-electron chi connectivity index (χ2n) is 4.79. The summed E-state index contributed by atoms with van der Waals surface area (Å²) in [6.07, 6.45) is 3.49. The van der Waals surface area contributed by atoms with Crippen molar-refractivity contribution in [2.75, 3.05) is 13.1 Å². The summed E-state index contributed by atoms with van der Waals surface area (Å²) in [6.45, 7) is 4.24. The molecular formula is C14H19BrFN. The molecule has 0 aliphatic heterocycles. The topological polar surface area (TPSA) is 12.0 Å². The highest BCUT2D eigenvalue weighted by atomic mass is 79.9. The molecule has 1 fully saturated rings. The Morgan fingerprint density at radius 3 is 2.88 bits per heavy atom. The first kappa shape index (κ1) is 13.0. The average molecular weight is 300 g/mol. The molecule has 1 aromatic rings. The van der Waals surface area contributed by atoms with Crippen LogP contribution in [0.2, 0.25) is 0 Å². The van der Waals surface area contributed by atoms with Gasteiger partial charge in [-0.25, -0.2) is 4.39 Å². The van der Waals surface area contributed by atoms with E-state index in [1.165, 1.54) is 6.42 Å². The van der Waals surface area contributed by atoms with Crippen molar-refractivity contribution in [2.24, 2.45) is 5.92 Å². The normalized spacial score (nSPS) is 23.5. The molecule has 1 saturated carbocycles. The Labute approximate surface area is 111 Å². The van der Waals surface area contributed by atoms with Crippen LogP contribution in [0.25, 0.3) is 0 Å². The maximum absolute atomic E-state index is 14.0. The van der Waals surface area contributed by atoms with E-state index in [0.29, 0.717) is 16.3 Å². The molecule has 1 aliphatic carbocycles. The number of hydrogen-bond acceptors (Lipinski definition) is 1. The zero-order chi connectivity index (χ0) is 12.3. The van der Waals surface area contributed by atoms with Gasteiger partial charge >= 0.3 is 0 Å². The molecule has 0 amide bonds. The van der Waals surface area contributed by atoms with E-state index in [4.69, 9.17) is 0 Å². The zero-order valence-corrected chi connectivity index (χ0v) is 11.8. The van der Waals surface area contributed by atoms with Crippen LogP contribution in [0.3, 0.4) is 0 Å². The molecule has 17 heavy (non-hydrogen) atoms. The fourth-order valence-electron chi connectivity index (χ4n) is 2.49. The van der Waals surface area contributed by atoms with Crippen LogP contribution in [-0.2, 0) is 0 Å². The van der Waals surface area contributed by atoms with Gasteiger partial charge in [0.2, 0.25) is 0 Å². The van der Waals surface area contributed by atoms with Gasteiger partial charge in [-0.3, -0.25) is 0 Å². The van der Waals surface area contributed by atoms with E-state index in [9.17, 15) is 4.39 Å². The highest BCUT2D eigenvalue weighted by Gasteiger charge is 2.33. The molecular weight excluding hydrogens is 281 g/mol. The lowest BCUT2D eigenvalue weighted by molar-refractivity contribution is 0.240. The summed E-state index contributed by atoms with van der Waals surface area (Å²) >= 11 is 3.26. The fourth-order valence-corrected chi connectivity index (χ4v) is 2.88. The van der Waals surface area contributed by atoms with Crippen LogP contribution in [-0.4, -0.2) is 13.1 Å². The van der Waals surface area contributed by atoms with Gasteiger partial charge in [0.05, 0.1) is 4.47 Å². The second-order valence-corrected chi connectivity index (χ2v) is 5.65. The smallest absolute Gasteiger partial charge is 0.140 e. The third-order valence-electron chi connectivity index (χ3n) is 3.63. The highest BCUT2D eigenvalue weighted by Crippen LogP contribution is 2.43. The van der Waals surface area contributed by atoms with Crippen molar-refractivity contribution in [1.29, 1.82) is 0 Å². The van der Waals surface area contributed by atoms with Crippen molar-refractivity contribution in [3.8, 4) is 0 Å². The largest absolute Gasteiger partial charge is 0.316 e. The van der Waals surface area contributed by atoms with Crippen LogP contribution in [0.4, 0.5) is 4.39 Å². The Morgan fingerprint density at radius 2 is 2.24 bits per heavy atom. The number of nitrogens with one attached hydrogen (secondary N) is 1. The van der Waals surface area contributed by atoms with E-state index in [-0.39, 0.29) is 5.82 Å². The molecule has 1 nitrogen and oxygen atoms in total. The monoisotopic (exact) mass is 299 g/mol. The summed E-state index contributed by atoms with van der Waals surface area (Å²) in [7, 11) is 0. The van der Waals surface area contributed by atoms with Crippen molar-refractivity contribution in [3.05, 3.63) is 34.1 Å². The molecule has 0 saturated heterocycles. The van der Waals surface area contributed by atoms with Gasteiger partial charge in [-0.05, 0) is 71.7 Å². The van der Waals surface area contributed by atoms with Crippen LogP contribution in [0.15, 0.2) is 22.7 Å². The quantitative estimate of drug-likeness (QED) is 0.808. The lowest BCUT2D eigenvalue weighted by atomic mass is 9.70. The minimum absolute atomic E-state index is 0.0716. The van der Waals surface area contributed by atoms with Gasteiger partial charge in [-0.2, -0.15) is 0 Å². The predicted molar refractivity (Wildman–Crippen MR) is 72.7 cm³/mol. The summed E-state index contributed by atoms with van der Waals surface area (Å²) in [4.78, 5) is 0. The first-order valence-corrected chi connectivity index (χ1v) is 7.18. The zero-order valence-electron chi connectivity index (χ0n) is 10.2. The predicted octanol–water partition coefficient (Wildman–Crippen LogP) is 4.08. The van der Waals surface area contributed by atoms with Crippen molar-refractivity contribution in [1.82, 2.24) is 5.32 Å². The minimum atomic E-state index is -0.0716.